The van der Waals surface area contributed by atoms with Crippen LogP contribution in [0.2, 0.25) is 0 Å². The largest absolute Gasteiger partial charge is 0.487 e. The molecule has 0 aliphatic carbocycles. The highest BCUT2D eigenvalue weighted by Crippen LogP contribution is 2.45. The molecule has 0 amide bonds. The van der Waals surface area contributed by atoms with E-state index in [2.05, 4.69) is 0 Å². The molecular formula is C18H17F3O6. The van der Waals surface area contributed by atoms with E-state index in [9.17, 15) is 27.6 Å². The molecule has 1 heterocycles. The minimum atomic E-state index is -5.13. The Morgan fingerprint density at radius 2 is 1.78 bits per heavy atom. The van der Waals surface area contributed by atoms with Crippen molar-refractivity contribution in [3.8, 4) is 0 Å². The number of Topliss-reactive ketones (excluding diaryl/α,β-unsaturated/α-hetero) is 1. The van der Waals surface area contributed by atoms with Crippen LogP contribution in [-0.2, 0) is 23.8 Å². The first-order valence-electron chi connectivity index (χ1n) is 7.96. The third-order valence-corrected chi connectivity index (χ3v) is 3.47. The lowest BCUT2D eigenvalue weighted by atomic mass is 10.00. The lowest BCUT2D eigenvalue weighted by Gasteiger charge is -2.30. The van der Waals surface area contributed by atoms with Gasteiger partial charge in [0.2, 0.25) is 5.76 Å². The Labute approximate surface area is 152 Å². The molecule has 1 aliphatic rings. The van der Waals surface area contributed by atoms with Crippen LogP contribution >= 0.6 is 0 Å². The molecule has 0 radical (unpaired) electrons. The van der Waals surface area contributed by atoms with Crippen LogP contribution in [0.3, 0.4) is 0 Å². The quantitative estimate of drug-likeness (QED) is 0.551. The summed E-state index contributed by atoms with van der Waals surface area (Å²) >= 11 is 0. The zero-order chi connectivity index (χ0) is 20.4. The van der Waals surface area contributed by atoms with Gasteiger partial charge in [-0.2, -0.15) is 13.2 Å². The van der Waals surface area contributed by atoms with E-state index in [1.807, 2.05) is 0 Å². The van der Waals surface area contributed by atoms with Crippen molar-refractivity contribution in [3.63, 3.8) is 0 Å². The first-order chi connectivity index (χ1) is 12.5. The number of hydrogen-bond donors (Lipinski definition) is 0. The molecule has 0 N–H and O–H groups in total. The van der Waals surface area contributed by atoms with Gasteiger partial charge in [-0.05, 0) is 13.8 Å². The molecule has 1 aromatic rings. The van der Waals surface area contributed by atoms with Gasteiger partial charge >= 0.3 is 23.9 Å². The third kappa shape index (κ3) is 4.47. The topological polar surface area (TPSA) is 78.9 Å². The van der Waals surface area contributed by atoms with Gasteiger partial charge in [0.05, 0.1) is 12.5 Å². The monoisotopic (exact) mass is 386 g/mol. The number of carbonyl (C=O) groups is 3. The average Bonchev–Trinajstić information content (AvgIpc) is 2.77. The molecule has 1 aliphatic heterocycles. The molecular weight excluding hydrogens is 369 g/mol. The molecule has 0 saturated heterocycles. The van der Waals surface area contributed by atoms with E-state index in [1.165, 1.54) is 26.0 Å². The van der Waals surface area contributed by atoms with E-state index in [0.717, 1.165) is 6.92 Å². The molecule has 2 rings (SSSR count). The Bertz CT molecular complexity index is 782. The van der Waals surface area contributed by atoms with E-state index < -0.39 is 53.5 Å². The number of carbonyl (C=O) groups excluding carboxylic acids is 3. The van der Waals surface area contributed by atoms with Gasteiger partial charge in [-0.1, -0.05) is 30.3 Å². The second-order valence-corrected chi connectivity index (χ2v) is 6.07. The SMILES string of the molecule is CC(=O)OC1(CC(=O)c2ccccc2)OC(=O)C(C(F)(F)F)=C1OC(C)C. The van der Waals surface area contributed by atoms with Gasteiger partial charge in [0.15, 0.2) is 11.4 Å². The number of alkyl halides is 3. The summed E-state index contributed by atoms with van der Waals surface area (Å²) in [5, 5.41) is 0. The van der Waals surface area contributed by atoms with Crippen molar-refractivity contribution >= 4 is 17.7 Å². The van der Waals surface area contributed by atoms with Crippen LogP contribution in [0.4, 0.5) is 13.2 Å². The summed E-state index contributed by atoms with van der Waals surface area (Å²) in [7, 11) is 0. The predicted octanol–water partition coefficient (Wildman–Crippen LogP) is 3.32. The Kier molecular flexibility index (Phi) is 5.62. The zero-order valence-corrected chi connectivity index (χ0v) is 14.8. The molecule has 0 fully saturated rings. The van der Waals surface area contributed by atoms with Crippen LogP contribution in [0, 0.1) is 0 Å². The fraction of sp³-hybridized carbons (Fsp3) is 0.389. The van der Waals surface area contributed by atoms with E-state index in [0.29, 0.717) is 0 Å². The first kappa shape index (κ1) is 20.5. The molecule has 9 heteroatoms. The van der Waals surface area contributed by atoms with Gasteiger partial charge < -0.3 is 14.2 Å². The molecule has 1 atom stereocenters. The molecule has 27 heavy (non-hydrogen) atoms. The molecule has 0 aromatic heterocycles. The molecule has 0 spiro atoms. The number of halogens is 3. The van der Waals surface area contributed by atoms with E-state index in [4.69, 9.17) is 14.2 Å². The predicted molar refractivity (Wildman–Crippen MR) is 85.3 cm³/mol. The third-order valence-electron chi connectivity index (χ3n) is 3.47. The van der Waals surface area contributed by atoms with Crippen molar-refractivity contribution in [1.29, 1.82) is 0 Å². The Balaban J connectivity index is 2.58. The van der Waals surface area contributed by atoms with Gasteiger partial charge in [-0.3, -0.25) is 9.59 Å². The van der Waals surface area contributed by atoms with Crippen LogP contribution < -0.4 is 0 Å². The molecule has 0 saturated carbocycles. The molecule has 1 aromatic carbocycles. The summed E-state index contributed by atoms with van der Waals surface area (Å²) in [5.41, 5.74) is -1.59. The van der Waals surface area contributed by atoms with E-state index in [-0.39, 0.29) is 5.56 Å². The minimum absolute atomic E-state index is 0.143. The van der Waals surface area contributed by atoms with Crippen LogP contribution in [-0.4, -0.2) is 35.8 Å². The fourth-order valence-corrected chi connectivity index (χ4v) is 2.55. The zero-order valence-electron chi connectivity index (χ0n) is 14.8. The highest BCUT2D eigenvalue weighted by molar-refractivity contribution is 5.99. The van der Waals surface area contributed by atoms with E-state index in [1.54, 1.807) is 18.2 Å². The summed E-state index contributed by atoms with van der Waals surface area (Å²) in [6, 6.07) is 7.60. The number of esters is 2. The number of benzene rings is 1. The Hall–Kier alpha value is -2.84. The van der Waals surface area contributed by atoms with Gasteiger partial charge in [0, 0.05) is 12.5 Å². The molecule has 1 unspecified atom stereocenters. The van der Waals surface area contributed by atoms with Crippen LogP contribution in [0.5, 0.6) is 0 Å². The highest BCUT2D eigenvalue weighted by atomic mass is 19.4. The molecule has 0 bridgehead atoms. The Morgan fingerprint density at radius 3 is 2.26 bits per heavy atom. The maximum Gasteiger partial charge on any atom is 0.426 e. The smallest absolute Gasteiger partial charge is 0.426 e. The lowest BCUT2D eigenvalue weighted by Crippen LogP contribution is -2.41. The van der Waals surface area contributed by atoms with Gasteiger partial charge in [0.1, 0.15) is 0 Å². The summed E-state index contributed by atoms with van der Waals surface area (Å²) in [6.07, 6.45) is -6.79. The van der Waals surface area contributed by atoms with Crippen molar-refractivity contribution in [1.82, 2.24) is 0 Å². The van der Waals surface area contributed by atoms with Crippen LogP contribution in [0.1, 0.15) is 37.6 Å². The summed E-state index contributed by atoms with van der Waals surface area (Å²) in [6.45, 7) is 3.75. The van der Waals surface area contributed by atoms with Crippen molar-refractivity contribution in [3.05, 3.63) is 47.2 Å². The second-order valence-electron chi connectivity index (χ2n) is 6.07. The maximum absolute atomic E-state index is 13.4. The van der Waals surface area contributed by atoms with Gasteiger partial charge in [-0.25, -0.2) is 4.79 Å². The second kappa shape index (κ2) is 7.42. The minimum Gasteiger partial charge on any atom is -0.487 e. The normalized spacial score (nSPS) is 19.9. The number of ketones is 1. The average molecular weight is 386 g/mol. The lowest BCUT2D eigenvalue weighted by molar-refractivity contribution is -0.214. The maximum atomic E-state index is 13.4. The summed E-state index contributed by atoms with van der Waals surface area (Å²) in [4.78, 5) is 36.0. The van der Waals surface area contributed by atoms with Crippen LogP contribution in [0.15, 0.2) is 41.7 Å². The number of cyclic esters (lactones) is 1. The summed E-state index contributed by atoms with van der Waals surface area (Å²) in [5.74, 6) is -7.17. The number of ether oxygens (including phenoxy) is 3. The fourth-order valence-electron chi connectivity index (χ4n) is 2.55. The standard InChI is InChI=1S/C18H17F3O6/c1-10(2)25-15-14(18(19,20)21)16(24)27-17(15,26-11(3)22)9-13(23)12-7-5-4-6-8-12/h4-8,10H,9H2,1-3H3. The van der Waals surface area contributed by atoms with E-state index >= 15 is 0 Å². The first-order valence-corrected chi connectivity index (χ1v) is 7.96. The number of hydrogen-bond acceptors (Lipinski definition) is 6. The number of rotatable bonds is 6. The molecule has 146 valence electrons. The van der Waals surface area contributed by atoms with Crippen molar-refractivity contribution in [2.24, 2.45) is 0 Å². The van der Waals surface area contributed by atoms with Gasteiger partial charge in [-0.15, -0.1) is 0 Å². The van der Waals surface area contributed by atoms with Crippen molar-refractivity contribution in [2.45, 2.75) is 45.3 Å². The highest BCUT2D eigenvalue weighted by Gasteiger charge is 2.61. The van der Waals surface area contributed by atoms with Crippen LogP contribution in [0.25, 0.3) is 0 Å². The summed E-state index contributed by atoms with van der Waals surface area (Å²) < 4.78 is 55.0. The Morgan fingerprint density at radius 1 is 1.19 bits per heavy atom. The van der Waals surface area contributed by atoms with Crippen molar-refractivity contribution in [2.75, 3.05) is 0 Å². The van der Waals surface area contributed by atoms with Gasteiger partial charge in [0.25, 0.3) is 0 Å². The molecule has 6 nitrogen and oxygen atoms in total. The van der Waals surface area contributed by atoms with Crippen molar-refractivity contribution < 1.29 is 41.8 Å².